The predicted octanol–water partition coefficient (Wildman–Crippen LogP) is 1.50. The van der Waals surface area contributed by atoms with Gasteiger partial charge in [0.25, 0.3) is 5.96 Å². The Hall–Kier alpha value is -4.13. The van der Waals surface area contributed by atoms with Gasteiger partial charge in [-0.15, -0.1) is 0 Å². The van der Waals surface area contributed by atoms with E-state index < -0.39 is 5.03 Å². The summed E-state index contributed by atoms with van der Waals surface area (Å²) < 4.78 is 0. The number of hydrazone groups is 3. The van der Waals surface area contributed by atoms with Gasteiger partial charge in [-0.05, 0) is 24.6 Å². The van der Waals surface area contributed by atoms with Crippen LogP contribution in [0.3, 0.4) is 0 Å². The Bertz CT molecular complexity index is 1060. The van der Waals surface area contributed by atoms with Crippen molar-refractivity contribution in [1.82, 2.24) is 30.6 Å². The van der Waals surface area contributed by atoms with Crippen molar-refractivity contribution in [3.8, 4) is 0 Å². The molecule has 13 nitrogen and oxygen atoms in total. The molecule has 0 spiro atoms. The smallest absolute Gasteiger partial charge is 0.349 e. The van der Waals surface area contributed by atoms with Crippen molar-refractivity contribution in [1.29, 1.82) is 0 Å². The highest BCUT2D eigenvalue weighted by Gasteiger charge is 2.21. The average molecular weight is 473 g/mol. The zero-order chi connectivity index (χ0) is 23.6. The van der Waals surface area contributed by atoms with E-state index in [2.05, 4.69) is 36.0 Å². The van der Waals surface area contributed by atoms with Crippen molar-refractivity contribution >= 4 is 35.5 Å². The van der Waals surface area contributed by atoms with Gasteiger partial charge in [-0.3, -0.25) is 4.98 Å². The highest BCUT2D eigenvalue weighted by molar-refractivity contribution is 6.29. The van der Waals surface area contributed by atoms with Gasteiger partial charge in [0.2, 0.25) is 0 Å². The molecule has 0 radical (unpaired) electrons. The van der Waals surface area contributed by atoms with E-state index in [4.69, 9.17) is 11.6 Å². The van der Waals surface area contributed by atoms with Crippen LogP contribution in [-0.2, 0) is 6.54 Å². The number of rotatable bonds is 5. The lowest BCUT2D eigenvalue weighted by Crippen LogP contribution is -2.42. The summed E-state index contributed by atoms with van der Waals surface area (Å²) in [6, 6.07) is 6.86. The molecule has 2 N–H and O–H groups in total. The second-order valence-electron chi connectivity index (χ2n) is 6.85. The Morgan fingerprint density at radius 3 is 2.88 bits per heavy atom. The normalized spacial score (nSPS) is 16.7. The topological polar surface area (TPSA) is 154 Å². The highest BCUT2D eigenvalue weighted by atomic mass is 35.5. The van der Waals surface area contributed by atoms with Crippen LogP contribution in [0.4, 0.5) is 4.79 Å². The average Bonchev–Trinajstić information content (AvgIpc) is 3.23. The van der Waals surface area contributed by atoms with Crippen molar-refractivity contribution in [2.24, 2.45) is 15.3 Å². The lowest BCUT2D eigenvalue weighted by atomic mass is 10.3. The van der Waals surface area contributed by atoms with Crippen LogP contribution in [-0.4, -0.2) is 68.5 Å². The van der Waals surface area contributed by atoms with Gasteiger partial charge in [-0.1, -0.05) is 23.7 Å². The number of guanidine groups is 1. The fourth-order valence-corrected chi connectivity index (χ4v) is 2.89. The maximum absolute atomic E-state index is 11.3. The first-order valence-corrected chi connectivity index (χ1v) is 10.2. The molecule has 2 aliphatic heterocycles. The number of nitro groups is 1. The van der Waals surface area contributed by atoms with Crippen molar-refractivity contribution in [3.63, 3.8) is 0 Å². The lowest BCUT2D eigenvalue weighted by Gasteiger charge is -2.20. The second-order valence-corrected chi connectivity index (χ2v) is 7.24. The number of hydrogen-bond acceptors (Lipinski definition) is 7. The molecule has 0 bridgehead atoms. The molecule has 4 heterocycles. The van der Waals surface area contributed by atoms with Gasteiger partial charge in [-0.25, -0.2) is 30.3 Å². The number of urea groups is 1. The summed E-state index contributed by atoms with van der Waals surface area (Å²) in [4.78, 5) is 31.3. The van der Waals surface area contributed by atoms with Crippen LogP contribution in [0.1, 0.15) is 18.1 Å². The molecule has 1 fully saturated rings. The molecule has 172 valence electrons. The number of aromatic nitrogens is 2. The third-order valence-electron chi connectivity index (χ3n) is 4.29. The Kier molecular flexibility index (Phi) is 8.18. The minimum absolute atomic E-state index is 0.282. The first-order valence-electron chi connectivity index (χ1n) is 9.77. The van der Waals surface area contributed by atoms with Gasteiger partial charge < -0.3 is 10.2 Å². The van der Waals surface area contributed by atoms with Crippen LogP contribution in [0.15, 0.2) is 58.2 Å². The van der Waals surface area contributed by atoms with Gasteiger partial charge in [0.05, 0.1) is 18.5 Å². The summed E-state index contributed by atoms with van der Waals surface area (Å²) in [7, 11) is 0. The van der Waals surface area contributed by atoms with E-state index >= 15 is 0 Å². The zero-order valence-electron chi connectivity index (χ0n) is 17.6. The molecule has 0 aliphatic carbocycles. The maximum Gasteiger partial charge on any atom is 0.358 e. The van der Waals surface area contributed by atoms with Crippen LogP contribution in [0.2, 0.25) is 5.15 Å². The Labute approximate surface area is 194 Å². The van der Waals surface area contributed by atoms with E-state index in [-0.39, 0.29) is 12.0 Å². The van der Waals surface area contributed by atoms with E-state index in [0.29, 0.717) is 31.3 Å². The van der Waals surface area contributed by atoms with E-state index in [1.165, 1.54) is 5.01 Å². The van der Waals surface area contributed by atoms with Gasteiger partial charge in [0, 0.05) is 43.8 Å². The molecule has 4 rings (SSSR count). The molecule has 33 heavy (non-hydrogen) atoms. The van der Waals surface area contributed by atoms with Crippen molar-refractivity contribution in [3.05, 3.63) is 69.3 Å². The van der Waals surface area contributed by atoms with Gasteiger partial charge in [0.1, 0.15) is 10.3 Å². The van der Waals surface area contributed by atoms with Crippen molar-refractivity contribution in [2.75, 3.05) is 19.6 Å². The van der Waals surface area contributed by atoms with Crippen LogP contribution in [0, 0.1) is 10.1 Å². The number of hydrogen-bond donors (Lipinski definition) is 2. The molecule has 0 atom stereocenters. The minimum Gasteiger partial charge on any atom is -0.349 e. The van der Waals surface area contributed by atoms with Crippen LogP contribution in [0.5, 0.6) is 0 Å². The minimum atomic E-state index is -0.708. The molecule has 2 aromatic rings. The van der Waals surface area contributed by atoms with Gasteiger partial charge in [-0.2, -0.15) is 10.2 Å². The number of carbonyl (C=O) groups excluding carboxylic acids is 1. The predicted molar refractivity (Wildman–Crippen MR) is 122 cm³/mol. The van der Waals surface area contributed by atoms with E-state index in [1.807, 2.05) is 25.1 Å². The summed E-state index contributed by atoms with van der Waals surface area (Å²) in [5, 5.41) is 25.4. The molecule has 2 aliphatic rings. The zero-order valence-corrected chi connectivity index (χ0v) is 18.4. The third-order valence-corrected chi connectivity index (χ3v) is 4.51. The summed E-state index contributed by atoms with van der Waals surface area (Å²) in [5.74, 6) is 0.282. The van der Waals surface area contributed by atoms with Gasteiger partial charge in [0.15, 0.2) is 5.03 Å². The molecule has 1 saturated heterocycles. The van der Waals surface area contributed by atoms with E-state index in [9.17, 15) is 14.9 Å². The van der Waals surface area contributed by atoms with E-state index in [1.54, 1.807) is 35.8 Å². The first-order chi connectivity index (χ1) is 15.9. The SMILES string of the molecule is CC1=NNC(=O)N(/N=C/c2cccnc2)C1.O=[N+]([O-])/N=C1\NCCN1Cc1ccc(Cl)nc1. The molecule has 0 aromatic carbocycles. The number of amides is 2. The van der Waals surface area contributed by atoms with Crippen LogP contribution < -0.4 is 10.7 Å². The highest BCUT2D eigenvalue weighted by Crippen LogP contribution is 2.10. The Morgan fingerprint density at radius 1 is 1.33 bits per heavy atom. The van der Waals surface area contributed by atoms with Crippen LogP contribution in [0.25, 0.3) is 0 Å². The molecular formula is C19H21ClN10O3. The van der Waals surface area contributed by atoms with Crippen LogP contribution >= 0.6 is 11.6 Å². The number of nitrogens with one attached hydrogen (secondary N) is 2. The summed E-state index contributed by atoms with van der Waals surface area (Å²) in [6.45, 7) is 4.07. The quantitative estimate of drug-likeness (QED) is 0.289. The fraction of sp³-hybridized carbons (Fsp3) is 0.263. The monoisotopic (exact) mass is 472 g/mol. The molecular weight excluding hydrogens is 452 g/mol. The Morgan fingerprint density at radius 2 is 2.18 bits per heavy atom. The number of halogens is 1. The van der Waals surface area contributed by atoms with E-state index in [0.717, 1.165) is 16.8 Å². The number of carbonyl (C=O) groups is 1. The van der Waals surface area contributed by atoms with Gasteiger partial charge >= 0.3 is 6.03 Å². The first kappa shape index (κ1) is 23.5. The largest absolute Gasteiger partial charge is 0.358 e. The lowest BCUT2D eigenvalue weighted by molar-refractivity contribution is -0.485. The Balaban J connectivity index is 0.000000186. The summed E-state index contributed by atoms with van der Waals surface area (Å²) >= 11 is 5.68. The molecule has 2 aromatic heterocycles. The fourth-order valence-electron chi connectivity index (χ4n) is 2.78. The second kappa shape index (κ2) is 11.5. The molecule has 0 saturated carbocycles. The maximum atomic E-state index is 11.3. The molecule has 0 unspecified atom stereocenters. The molecule has 2 amide bonds. The summed E-state index contributed by atoms with van der Waals surface area (Å²) in [6.07, 6.45) is 6.59. The third kappa shape index (κ3) is 7.50. The number of nitrogens with zero attached hydrogens (tertiary/aromatic N) is 8. The standard InChI is InChI=1S/C10H11N5O.C9H10ClN5O2/c1-8-7-15(10(16)14-13-8)12-6-9-3-2-4-11-5-9;10-8-2-1-7(5-12-8)6-14-4-3-11-9(14)13-15(16)17/h2-6H,7H2,1H3,(H,14,16);1-2,5H,3-4,6H2,(H,11,13)/b12-6+;. The summed E-state index contributed by atoms with van der Waals surface area (Å²) in [5.41, 5.74) is 4.94. The number of pyridine rings is 2. The van der Waals surface area contributed by atoms with Crippen molar-refractivity contribution < 1.29 is 9.83 Å². The van der Waals surface area contributed by atoms with Crippen molar-refractivity contribution in [2.45, 2.75) is 13.5 Å². The molecule has 14 heteroatoms.